The second-order valence-electron chi connectivity index (χ2n) is 6.44. The van der Waals surface area contributed by atoms with Crippen LogP contribution >= 0.6 is 0 Å². The lowest BCUT2D eigenvalue weighted by Crippen LogP contribution is -2.31. The van der Waals surface area contributed by atoms with Gasteiger partial charge in [0.1, 0.15) is 11.4 Å². The molecule has 8 nitrogen and oxygen atoms in total. The summed E-state index contributed by atoms with van der Waals surface area (Å²) in [5.74, 6) is 1.22. The Morgan fingerprint density at radius 1 is 1.21 bits per heavy atom. The van der Waals surface area contributed by atoms with E-state index in [2.05, 4.69) is 45.2 Å². The molecule has 3 rings (SSSR count). The molecule has 0 aliphatic rings. The van der Waals surface area contributed by atoms with Gasteiger partial charge in [-0.1, -0.05) is 31.2 Å². The van der Waals surface area contributed by atoms with E-state index in [1.54, 1.807) is 36.9 Å². The van der Waals surface area contributed by atoms with Gasteiger partial charge in [-0.25, -0.2) is 4.79 Å². The molecule has 1 unspecified atom stereocenters. The van der Waals surface area contributed by atoms with Gasteiger partial charge >= 0.3 is 6.03 Å². The zero-order chi connectivity index (χ0) is 20.1. The van der Waals surface area contributed by atoms with E-state index in [-0.39, 0.29) is 12.1 Å². The normalized spacial score (nSPS) is 11.7. The average Bonchev–Trinajstić information content (AvgIpc) is 3.13. The Morgan fingerprint density at radius 3 is 2.57 bits per heavy atom. The van der Waals surface area contributed by atoms with Gasteiger partial charge in [-0.15, -0.1) is 5.10 Å². The van der Waals surface area contributed by atoms with Crippen LogP contribution in [0.3, 0.4) is 0 Å². The van der Waals surface area contributed by atoms with Crippen LogP contribution in [0.15, 0.2) is 42.5 Å². The number of aryl methyl sites for hydroxylation is 2. The van der Waals surface area contributed by atoms with Crippen molar-refractivity contribution in [2.75, 3.05) is 12.4 Å². The minimum atomic E-state index is -0.295. The van der Waals surface area contributed by atoms with Crippen LogP contribution in [-0.2, 0) is 6.42 Å². The minimum absolute atomic E-state index is 0.120. The summed E-state index contributed by atoms with van der Waals surface area (Å²) in [5.41, 5.74) is 3.57. The molecule has 0 radical (unpaired) electrons. The Labute approximate surface area is 163 Å². The SMILES string of the molecule is CCc1ccc(C(C)NC(=O)Nc2ccc(OC)c(-n3nnnc3C)c2)cc1. The van der Waals surface area contributed by atoms with Crippen LogP contribution in [0.4, 0.5) is 10.5 Å². The molecule has 0 saturated heterocycles. The standard InChI is InChI=1S/C20H24N6O2/c1-5-15-6-8-16(9-7-15)13(2)21-20(27)22-17-10-11-19(28-4)18(12-17)26-14(3)23-24-25-26/h6-13H,5H2,1-4H3,(H2,21,22,27). The van der Waals surface area contributed by atoms with E-state index >= 15 is 0 Å². The molecule has 3 aromatic rings. The topological polar surface area (TPSA) is 94.0 Å². The first kappa shape index (κ1) is 19.3. The number of amides is 2. The van der Waals surface area contributed by atoms with Gasteiger partial charge < -0.3 is 15.4 Å². The van der Waals surface area contributed by atoms with Gasteiger partial charge in [0.2, 0.25) is 0 Å². The summed E-state index contributed by atoms with van der Waals surface area (Å²) >= 11 is 0. The fraction of sp³-hybridized carbons (Fsp3) is 0.300. The molecule has 1 atom stereocenters. The van der Waals surface area contributed by atoms with Crippen molar-refractivity contribution >= 4 is 11.7 Å². The second kappa shape index (κ2) is 8.51. The van der Waals surface area contributed by atoms with Gasteiger partial charge in [0, 0.05) is 5.69 Å². The maximum Gasteiger partial charge on any atom is 0.319 e. The number of methoxy groups -OCH3 is 1. The summed E-state index contributed by atoms with van der Waals surface area (Å²) in [6, 6.07) is 13.1. The molecule has 146 valence electrons. The van der Waals surface area contributed by atoms with Crippen LogP contribution in [0, 0.1) is 6.92 Å². The Morgan fingerprint density at radius 2 is 1.96 bits per heavy atom. The summed E-state index contributed by atoms with van der Waals surface area (Å²) in [7, 11) is 1.57. The van der Waals surface area contributed by atoms with E-state index in [1.807, 2.05) is 19.1 Å². The van der Waals surface area contributed by atoms with E-state index in [9.17, 15) is 4.79 Å². The van der Waals surface area contributed by atoms with Crippen molar-refractivity contribution in [1.82, 2.24) is 25.5 Å². The molecule has 2 N–H and O–H groups in total. The van der Waals surface area contributed by atoms with E-state index in [4.69, 9.17) is 4.74 Å². The summed E-state index contributed by atoms with van der Waals surface area (Å²) in [6.07, 6.45) is 0.989. The number of hydrogen-bond donors (Lipinski definition) is 2. The highest BCUT2D eigenvalue weighted by atomic mass is 16.5. The van der Waals surface area contributed by atoms with Crippen molar-refractivity contribution in [3.05, 3.63) is 59.4 Å². The van der Waals surface area contributed by atoms with Crippen LogP contribution in [0.1, 0.15) is 36.8 Å². The monoisotopic (exact) mass is 380 g/mol. The van der Waals surface area contributed by atoms with Crippen molar-refractivity contribution in [3.8, 4) is 11.4 Å². The van der Waals surface area contributed by atoms with Crippen LogP contribution in [0.2, 0.25) is 0 Å². The number of anilines is 1. The molecule has 28 heavy (non-hydrogen) atoms. The highest BCUT2D eigenvalue weighted by Gasteiger charge is 2.14. The van der Waals surface area contributed by atoms with Crippen LogP contribution in [0.5, 0.6) is 5.75 Å². The summed E-state index contributed by atoms with van der Waals surface area (Å²) in [6.45, 7) is 5.85. The fourth-order valence-corrected chi connectivity index (χ4v) is 2.88. The zero-order valence-electron chi connectivity index (χ0n) is 16.4. The number of urea groups is 1. The van der Waals surface area contributed by atoms with E-state index in [0.717, 1.165) is 12.0 Å². The third-order valence-corrected chi connectivity index (χ3v) is 4.53. The lowest BCUT2D eigenvalue weighted by Gasteiger charge is -2.16. The molecule has 2 amide bonds. The minimum Gasteiger partial charge on any atom is -0.494 e. The van der Waals surface area contributed by atoms with E-state index in [0.29, 0.717) is 22.9 Å². The van der Waals surface area contributed by atoms with Crippen LogP contribution in [0.25, 0.3) is 5.69 Å². The molecule has 2 aromatic carbocycles. The van der Waals surface area contributed by atoms with Gasteiger partial charge in [-0.2, -0.15) is 4.68 Å². The predicted molar refractivity (Wildman–Crippen MR) is 107 cm³/mol. The van der Waals surface area contributed by atoms with Gasteiger partial charge in [-0.05, 0) is 60.0 Å². The molecule has 1 heterocycles. The smallest absolute Gasteiger partial charge is 0.319 e. The molecule has 0 bridgehead atoms. The molecule has 0 fully saturated rings. The largest absolute Gasteiger partial charge is 0.494 e. The average molecular weight is 380 g/mol. The number of hydrogen-bond acceptors (Lipinski definition) is 5. The number of nitrogens with zero attached hydrogens (tertiary/aromatic N) is 4. The number of nitrogens with one attached hydrogen (secondary N) is 2. The number of rotatable bonds is 6. The molecule has 0 aliphatic heterocycles. The number of benzene rings is 2. The number of carbonyl (C=O) groups is 1. The Kier molecular flexibility index (Phi) is 5.88. The molecule has 1 aromatic heterocycles. The van der Waals surface area contributed by atoms with Crippen molar-refractivity contribution in [3.63, 3.8) is 0 Å². The van der Waals surface area contributed by atoms with Crippen molar-refractivity contribution < 1.29 is 9.53 Å². The Balaban J connectivity index is 1.72. The first-order valence-corrected chi connectivity index (χ1v) is 9.11. The Hall–Kier alpha value is -3.42. The van der Waals surface area contributed by atoms with Crippen molar-refractivity contribution in [1.29, 1.82) is 0 Å². The quantitative estimate of drug-likeness (QED) is 0.683. The van der Waals surface area contributed by atoms with Gasteiger partial charge in [0.15, 0.2) is 5.82 Å². The first-order valence-electron chi connectivity index (χ1n) is 9.11. The van der Waals surface area contributed by atoms with Gasteiger partial charge in [0.25, 0.3) is 0 Å². The molecule has 0 aliphatic carbocycles. The van der Waals surface area contributed by atoms with Gasteiger partial charge in [-0.3, -0.25) is 0 Å². The highest BCUT2D eigenvalue weighted by Crippen LogP contribution is 2.26. The summed E-state index contributed by atoms with van der Waals surface area (Å²) in [4.78, 5) is 12.4. The highest BCUT2D eigenvalue weighted by molar-refractivity contribution is 5.90. The molecule has 8 heteroatoms. The third kappa shape index (κ3) is 4.28. The molecule has 0 saturated carbocycles. The summed E-state index contributed by atoms with van der Waals surface area (Å²) in [5, 5.41) is 17.3. The van der Waals surface area contributed by atoms with E-state index < -0.39 is 0 Å². The lowest BCUT2D eigenvalue weighted by atomic mass is 10.1. The lowest BCUT2D eigenvalue weighted by molar-refractivity contribution is 0.249. The summed E-state index contributed by atoms with van der Waals surface area (Å²) < 4.78 is 6.94. The Bertz CT molecular complexity index is 952. The van der Waals surface area contributed by atoms with Gasteiger partial charge in [0.05, 0.1) is 13.2 Å². The van der Waals surface area contributed by atoms with Crippen molar-refractivity contribution in [2.45, 2.75) is 33.2 Å². The number of aromatic nitrogens is 4. The zero-order valence-corrected chi connectivity index (χ0v) is 16.4. The molecular formula is C20H24N6O2. The molecular weight excluding hydrogens is 356 g/mol. The van der Waals surface area contributed by atoms with E-state index in [1.165, 1.54) is 5.56 Å². The number of ether oxygens (including phenoxy) is 1. The maximum atomic E-state index is 12.4. The molecule has 0 spiro atoms. The second-order valence-corrected chi connectivity index (χ2v) is 6.44. The van der Waals surface area contributed by atoms with Crippen LogP contribution < -0.4 is 15.4 Å². The maximum absolute atomic E-state index is 12.4. The number of carbonyl (C=O) groups excluding carboxylic acids is 1. The third-order valence-electron chi connectivity index (χ3n) is 4.53. The van der Waals surface area contributed by atoms with Crippen molar-refractivity contribution in [2.24, 2.45) is 0 Å². The fourth-order valence-electron chi connectivity index (χ4n) is 2.88. The predicted octanol–water partition coefficient (Wildman–Crippen LogP) is 3.42. The van der Waals surface area contributed by atoms with Crippen LogP contribution in [-0.4, -0.2) is 33.3 Å². The first-order chi connectivity index (χ1) is 13.5. The number of tetrazole rings is 1.